The van der Waals surface area contributed by atoms with E-state index in [0.717, 1.165) is 12.8 Å². The van der Waals surface area contributed by atoms with Crippen molar-refractivity contribution in [3.63, 3.8) is 0 Å². The molecule has 1 saturated carbocycles. The van der Waals surface area contributed by atoms with Crippen LogP contribution in [-0.2, 0) is 4.79 Å². The summed E-state index contributed by atoms with van der Waals surface area (Å²) in [5.41, 5.74) is 0. The average Bonchev–Trinajstić information content (AvgIpc) is 2.82. The van der Waals surface area contributed by atoms with Crippen LogP contribution < -0.4 is 0 Å². The molecule has 0 radical (unpaired) electrons. The first-order valence-corrected chi connectivity index (χ1v) is 9.86. The van der Waals surface area contributed by atoms with Crippen molar-refractivity contribution in [1.82, 2.24) is 0 Å². The summed E-state index contributed by atoms with van der Waals surface area (Å²) in [7, 11) is 0. The van der Waals surface area contributed by atoms with Gasteiger partial charge in [-0.25, -0.2) is 0 Å². The van der Waals surface area contributed by atoms with E-state index in [0.29, 0.717) is 18.8 Å². The summed E-state index contributed by atoms with van der Waals surface area (Å²) in [5.74, 6) is -0.207. The second kappa shape index (κ2) is 12.3. The van der Waals surface area contributed by atoms with Gasteiger partial charge in [-0.3, -0.25) is 4.79 Å². The minimum absolute atomic E-state index is 0.00675. The SMILES string of the molecule is CCCCC[C@H](C)/C=C/[C@@H]1[C@@H](C/C=C\CCCC(=O)O)[C@@H](O)C[C@H]1O. The average molecular weight is 353 g/mol. The molecule has 0 heterocycles. The molecule has 0 amide bonds. The van der Waals surface area contributed by atoms with Gasteiger partial charge in [-0.05, 0) is 37.5 Å². The molecule has 1 rings (SSSR count). The zero-order valence-electron chi connectivity index (χ0n) is 15.8. The van der Waals surface area contributed by atoms with Crippen LogP contribution in [0.5, 0.6) is 0 Å². The van der Waals surface area contributed by atoms with Crippen molar-refractivity contribution in [3.8, 4) is 0 Å². The second-order valence-electron chi connectivity index (χ2n) is 7.46. The van der Waals surface area contributed by atoms with E-state index in [1.807, 2.05) is 12.2 Å². The van der Waals surface area contributed by atoms with Gasteiger partial charge in [-0.2, -0.15) is 0 Å². The van der Waals surface area contributed by atoms with E-state index >= 15 is 0 Å². The van der Waals surface area contributed by atoms with Crippen molar-refractivity contribution < 1.29 is 20.1 Å². The molecular weight excluding hydrogens is 316 g/mol. The molecule has 0 aromatic heterocycles. The predicted molar refractivity (Wildman–Crippen MR) is 101 cm³/mol. The first kappa shape index (κ1) is 21.9. The number of carbonyl (C=O) groups is 1. The Morgan fingerprint density at radius 3 is 2.60 bits per heavy atom. The Hall–Kier alpha value is -1.13. The molecular formula is C21H36O4. The molecule has 0 unspecified atom stereocenters. The van der Waals surface area contributed by atoms with E-state index in [1.165, 1.54) is 25.7 Å². The highest BCUT2D eigenvalue weighted by molar-refractivity contribution is 5.66. The summed E-state index contributed by atoms with van der Waals surface area (Å²) in [6.45, 7) is 4.41. The second-order valence-corrected chi connectivity index (χ2v) is 7.46. The zero-order chi connectivity index (χ0) is 18.7. The normalized spacial score (nSPS) is 28.2. The van der Waals surface area contributed by atoms with E-state index in [1.54, 1.807) is 0 Å². The summed E-state index contributed by atoms with van der Waals surface area (Å²) in [6, 6.07) is 0. The number of aliphatic carboxylic acids is 1. The van der Waals surface area contributed by atoms with Gasteiger partial charge in [-0.1, -0.05) is 57.4 Å². The smallest absolute Gasteiger partial charge is 0.303 e. The Morgan fingerprint density at radius 1 is 1.16 bits per heavy atom. The fourth-order valence-corrected chi connectivity index (χ4v) is 3.58. The summed E-state index contributed by atoms with van der Waals surface area (Å²) in [6.07, 6.45) is 15.0. The van der Waals surface area contributed by atoms with Crippen LogP contribution in [-0.4, -0.2) is 33.5 Å². The van der Waals surface area contributed by atoms with E-state index in [9.17, 15) is 15.0 Å². The van der Waals surface area contributed by atoms with E-state index in [2.05, 4.69) is 26.0 Å². The Bertz CT molecular complexity index is 430. The molecule has 0 aromatic carbocycles. The standard InChI is InChI=1S/C21H36O4/c1-3-4-7-10-16(2)13-14-18-17(19(22)15-20(18)23)11-8-5-6-9-12-21(24)25/h5,8,13-14,16-20,22-23H,3-4,6-7,9-12,15H2,1-2H3,(H,24,25)/b8-5-,14-13+/t16-,17+,18+,19-,20+/m0/s1. The highest BCUT2D eigenvalue weighted by atomic mass is 16.4. The first-order chi connectivity index (χ1) is 12.0. The van der Waals surface area contributed by atoms with E-state index in [4.69, 9.17) is 5.11 Å². The molecule has 144 valence electrons. The number of hydrogen-bond acceptors (Lipinski definition) is 3. The maximum absolute atomic E-state index is 10.5. The van der Waals surface area contributed by atoms with Crippen molar-refractivity contribution >= 4 is 5.97 Å². The van der Waals surface area contributed by atoms with Crippen molar-refractivity contribution in [2.24, 2.45) is 17.8 Å². The number of carboxylic acid groups (broad SMARTS) is 1. The Labute approximate surface area is 152 Å². The molecule has 3 N–H and O–H groups in total. The summed E-state index contributed by atoms with van der Waals surface area (Å²) in [4.78, 5) is 10.5. The lowest BCUT2D eigenvalue weighted by molar-refractivity contribution is -0.137. The number of allylic oxidation sites excluding steroid dienone is 3. The Balaban J connectivity index is 2.46. The van der Waals surface area contributed by atoms with Crippen LogP contribution in [0.1, 0.15) is 71.6 Å². The number of carboxylic acids is 1. The van der Waals surface area contributed by atoms with Crippen LogP contribution >= 0.6 is 0 Å². The topological polar surface area (TPSA) is 77.8 Å². The van der Waals surface area contributed by atoms with Gasteiger partial charge in [0.05, 0.1) is 12.2 Å². The zero-order valence-corrected chi connectivity index (χ0v) is 15.8. The maximum Gasteiger partial charge on any atom is 0.303 e. The number of aliphatic hydroxyl groups is 2. The summed E-state index contributed by atoms with van der Waals surface area (Å²) >= 11 is 0. The van der Waals surface area contributed by atoms with Gasteiger partial charge in [0.1, 0.15) is 0 Å². The van der Waals surface area contributed by atoms with Crippen LogP contribution in [0.25, 0.3) is 0 Å². The Kier molecular flexibility index (Phi) is 10.7. The van der Waals surface area contributed by atoms with Gasteiger partial charge in [0, 0.05) is 18.8 Å². The minimum atomic E-state index is -0.763. The lowest BCUT2D eigenvalue weighted by atomic mass is 9.88. The van der Waals surface area contributed by atoms with Crippen LogP contribution in [0, 0.1) is 17.8 Å². The quantitative estimate of drug-likeness (QED) is 0.361. The third-order valence-corrected chi connectivity index (χ3v) is 5.18. The number of rotatable bonds is 12. The van der Waals surface area contributed by atoms with Gasteiger partial charge in [0.2, 0.25) is 0 Å². The lowest BCUT2D eigenvalue weighted by Crippen LogP contribution is -2.20. The summed E-state index contributed by atoms with van der Waals surface area (Å²) < 4.78 is 0. The highest BCUT2D eigenvalue weighted by Crippen LogP contribution is 2.36. The van der Waals surface area contributed by atoms with Crippen molar-refractivity contribution in [2.45, 2.75) is 83.8 Å². The fraction of sp³-hybridized carbons (Fsp3) is 0.762. The molecule has 0 bridgehead atoms. The van der Waals surface area contributed by atoms with Crippen molar-refractivity contribution in [2.75, 3.05) is 0 Å². The largest absolute Gasteiger partial charge is 0.481 e. The molecule has 1 aliphatic rings. The predicted octanol–water partition coefficient (Wildman–Crippen LogP) is 4.32. The lowest BCUT2D eigenvalue weighted by Gasteiger charge is -2.19. The van der Waals surface area contributed by atoms with Crippen LogP contribution in [0.4, 0.5) is 0 Å². The van der Waals surface area contributed by atoms with E-state index in [-0.39, 0.29) is 18.3 Å². The number of hydrogen-bond donors (Lipinski definition) is 3. The van der Waals surface area contributed by atoms with Crippen molar-refractivity contribution in [1.29, 1.82) is 0 Å². The van der Waals surface area contributed by atoms with Gasteiger partial charge in [-0.15, -0.1) is 0 Å². The van der Waals surface area contributed by atoms with Crippen LogP contribution in [0.2, 0.25) is 0 Å². The molecule has 5 atom stereocenters. The molecule has 4 nitrogen and oxygen atoms in total. The molecule has 4 heteroatoms. The molecule has 1 fully saturated rings. The van der Waals surface area contributed by atoms with Gasteiger partial charge < -0.3 is 15.3 Å². The summed E-state index contributed by atoms with van der Waals surface area (Å²) in [5, 5.41) is 29.1. The third kappa shape index (κ3) is 8.68. The van der Waals surface area contributed by atoms with Crippen LogP contribution in [0.3, 0.4) is 0 Å². The molecule has 0 spiro atoms. The molecule has 0 saturated heterocycles. The van der Waals surface area contributed by atoms with E-state index < -0.39 is 18.2 Å². The van der Waals surface area contributed by atoms with Crippen LogP contribution in [0.15, 0.2) is 24.3 Å². The molecule has 25 heavy (non-hydrogen) atoms. The molecule has 1 aliphatic carbocycles. The number of aliphatic hydroxyl groups excluding tert-OH is 2. The molecule has 0 aliphatic heterocycles. The van der Waals surface area contributed by atoms with Crippen molar-refractivity contribution in [3.05, 3.63) is 24.3 Å². The Morgan fingerprint density at radius 2 is 1.92 bits per heavy atom. The van der Waals surface area contributed by atoms with Gasteiger partial charge >= 0.3 is 5.97 Å². The number of unbranched alkanes of at least 4 members (excludes halogenated alkanes) is 3. The molecule has 0 aromatic rings. The monoisotopic (exact) mass is 352 g/mol. The van der Waals surface area contributed by atoms with Gasteiger partial charge in [0.15, 0.2) is 0 Å². The van der Waals surface area contributed by atoms with Gasteiger partial charge in [0.25, 0.3) is 0 Å². The fourth-order valence-electron chi connectivity index (χ4n) is 3.58. The first-order valence-electron chi connectivity index (χ1n) is 9.86. The highest BCUT2D eigenvalue weighted by Gasteiger charge is 2.39. The third-order valence-electron chi connectivity index (χ3n) is 5.18. The minimum Gasteiger partial charge on any atom is -0.481 e. The maximum atomic E-state index is 10.5.